The molecule has 130 valence electrons. The van der Waals surface area contributed by atoms with Gasteiger partial charge in [-0.3, -0.25) is 0 Å². The van der Waals surface area contributed by atoms with Crippen LogP contribution in [0.4, 0.5) is 18.0 Å². The zero-order valence-electron chi connectivity index (χ0n) is 12.3. The lowest BCUT2D eigenvalue weighted by atomic mass is 10.2. The maximum Gasteiger partial charge on any atom is 0.510 e. The Morgan fingerprint density at radius 3 is 2.62 bits per heavy atom. The first-order valence-electron chi connectivity index (χ1n) is 7.15. The Labute approximate surface area is 134 Å². The van der Waals surface area contributed by atoms with Gasteiger partial charge in [-0.05, 0) is 6.42 Å². The Bertz CT molecular complexity index is 638. The molecular formula is C14H14F3N3O4. The zero-order valence-corrected chi connectivity index (χ0v) is 12.3. The average Bonchev–Trinajstić information content (AvgIpc) is 3.14. The van der Waals surface area contributed by atoms with Gasteiger partial charge in [0.25, 0.3) is 0 Å². The van der Waals surface area contributed by atoms with Gasteiger partial charge in [0.1, 0.15) is 0 Å². The van der Waals surface area contributed by atoms with Gasteiger partial charge in [0, 0.05) is 18.7 Å². The van der Waals surface area contributed by atoms with Gasteiger partial charge in [0.05, 0.1) is 6.10 Å². The highest BCUT2D eigenvalue weighted by atomic mass is 19.4. The number of benzene rings is 1. The number of aliphatic hydroxyl groups is 1. The van der Waals surface area contributed by atoms with E-state index >= 15 is 0 Å². The first kappa shape index (κ1) is 16.5. The lowest BCUT2D eigenvalue weighted by Crippen LogP contribution is -2.41. The highest BCUT2D eigenvalue weighted by Gasteiger charge is 2.48. The number of nitrogens with zero attached hydrogens (tertiary/aromatic N) is 3. The third-order valence-electron chi connectivity index (χ3n) is 3.50. The van der Waals surface area contributed by atoms with E-state index in [2.05, 4.69) is 9.83 Å². The fourth-order valence-electron chi connectivity index (χ4n) is 2.39. The van der Waals surface area contributed by atoms with E-state index < -0.39 is 30.7 Å². The number of β-amino-alcohol motifs (C(OH)–C–C–N with tert-alkyl or cyclic N) is 1. The Kier molecular flexibility index (Phi) is 4.33. The van der Waals surface area contributed by atoms with Crippen LogP contribution in [-0.4, -0.2) is 58.9 Å². The third-order valence-corrected chi connectivity index (χ3v) is 3.50. The molecule has 0 aliphatic carbocycles. The fraction of sp³-hybridized carbons (Fsp3) is 0.429. The van der Waals surface area contributed by atoms with Crippen LogP contribution in [0.1, 0.15) is 12.0 Å². The highest BCUT2D eigenvalue weighted by molar-refractivity contribution is 5.99. The normalized spacial score (nSPS) is 24.2. The number of aliphatic hydroxyl groups excluding tert-OH is 1. The summed E-state index contributed by atoms with van der Waals surface area (Å²) >= 11 is 0. The van der Waals surface area contributed by atoms with Crippen molar-refractivity contribution < 1.29 is 32.6 Å². The summed E-state index contributed by atoms with van der Waals surface area (Å²) in [4.78, 5) is 21.4. The molecule has 2 aliphatic rings. The van der Waals surface area contributed by atoms with Crippen LogP contribution in [-0.2, 0) is 9.57 Å². The number of likely N-dealkylation sites (tertiary alicyclic amines) is 1. The van der Waals surface area contributed by atoms with Crippen molar-refractivity contribution in [2.45, 2.75) is 25.2 Å². The number of hydrogen-bond acceptors (Lipinski definition) is 6. The van der Waals surface area contributed by atoms with E-state index in [1.54, 1.807) is 18.2 Å². The highest BCUT2D eigenvalue weighted by Crippen LogP contribution is 2.30. The molecule has 1 amide bonds. The second-order valence-corrected chi connectivity index (χ2v) is 5.27. The van der Waals surface area contributed by atoms with Crippen LogP contribution in [0.5, 0.6) is 0 Å². The van der Waals surface area contributed by atoms with Crippen LogP contribution in [0.2, 0.25) is 0 Å². The van der Waals surface area contributed by atoms with Crippen molar-refractivity contribution in [2.24, 2.45) is 4.99 Å². The monoisotopic (exact) mass is 345 g/mol. The minimum Gasteiger partial charge on any atom is -0.396 e. The molecule has 24 heavy (non-hydrogen) atoms. The molecule has 2 unspecified atom stereocenters. The molecule has 0 bridgehead atoms. The van der Waals surface area contributed by atoms with Crippen LogP contribution in [0, 0.1) is 0 Å². The molecule has 0 radical (unpaired) electrons. The van der Waals surface area contributed by atoms with Crippen molar-refractivity contribution in [3.05, 3.63) is 35.9 Å². The number of amidine groups is 1. The number of ether oxygens (including phenoxy) is 1. The molecule has 0 aromatic heterocycles. The first-order valence-corrected chi connectivity index (χ1v) is 7.15. The molecule has 1 N–H and O–H groups in total. The molecule has 2 heterocycles. The second-order valence-electron chi connectivity index (χ2n) is 5.27. The summed E-state index contributed by atoms with van der Waals surface area (Å²) in [5, 5.41) is 9.05. The number of aliphatic imine (C=N–C) groups is 1. The number of amides is 1. The smallest absolute Gasteiger partial charge is 0.396 e. The molecule has 2 aliphatic heterocycles. The fourth-order valence-corrected chi connectivity index (χ4v) is 2.39. The van der Waals surface area contributed by atoms with E-state index in [0.29, 0.717) is 6.42 Å². The molecule has 1 saturated heterocycles. The van der Waals surface area contributed by atoms with E-state index in [-0.39, 0.29) is 23.7 Å². The SMILES string of the molecule is O=C(OC1N=C(c2ccccc2)N(C(F)(F)F)O1)N1CCC(O)C1. The minimum atomic E-state index is -4.85. The maximum absolute atomic E-state index is 13.1. The Morgan fingerprint density at radius 1 is 1.33 bits per heavy atom. The van der Waals surface area contributed by atoms with E-state index in [0.717, 1.165) is 0 Å². The molecule has 3 rings (SSSR count). The van der Waals surface area contributed by atoms with E-state index in [1.807, 2.05) is 0 Å². The van der Waals surface area contributed by atoms with Crippen molar-refractivity contribution in [3.63, 3.8) is 0 Å². The van der Waals surface area contributed by atoms with Crippen LogP contribution in [0.3, 0.4) is 0 Å². The molecule has 1 fully saturated rings. The van der Waals surface area contributed by atoms with Gasteiger partial charge in [-0.15, -0.1) is 18.2 Å². The summed E-state index contributed by atoms with van der Waals surface area (Å²) in [6.07, 6.45) is -7.77. The lowest BCUT2D eigenvalue weighted by molar-refractivity contribution is -0.358. The lowest BCUT2D eigenvalue weighted by Gasteiger charge is -2.22. The summed E-state index contributed by atoms with van der Waals surface area (Å²) < 4.78 is 44.1. The number of halogens is 3. The summed E-state index contributed by atoms with van der Waals surface area (Å²) in [6.45, 7) is 0.314. The minimum absolute atomic E-state index is 0.0593. The number of alkyl halides is 3. The molecule has 0 saturated carbocycles. The van der Waals surface area contributed by atoms with Crippen molar-refractivity contribution in [1.82, 2.24) is 9.96 Å². The van der Waals surface area contributed by atoms with Crippen molar-refractivity contribution >= 4 is 11.9 Å². The van der Waals surface area contributed by atoms with Gasteiger partial charge < -0.3 is 14.7 Å². The van der Waals surface area contributed by atoms with Gasteiger partial charge >= 0.3 is 18.8 Å². The predicted octanol–water partition coefficient (Wildman–Crippen LogP) is 1.69. The molecule has 1 aromatic carbocycles. The number of hydrogen-bond donors (Lipinski definition) is 1. The van der Waals surface area contributed by atoms with Crippen molar-refractivity contribution in [1.29, 1.82) is 0 Å². The largest absolute Gasteiger partial charge is 0.510 e. The topological polar surface area (TPSA) is 74.6 Å². The van der Waals surface area contributed by atoms with Crippen LogP contribution >= 0.6 is 0 Å². The zero-order chi connectivity index (χ0) is 17.3. The number of hydroxylamine groups is 2. The Morgan fingerprint density at radius 2 is 2.04 bits per heavy atom. The summed E-state index contributed by atoms with van der Waals surface area (Å²) in [5.74, 6) is -0.498. The van der Waals surface area contributed by atoms with E-state index in [9.17, 15) is 23.1 Å². The second kappa shape index (κ2) is 6.29. The quantitative estimate of drug-likeness (QED) is 0.826. The molecule has 2 atom stereocenters. The van der Waals surface area contributed by atoms with Crippen molar-refractivity contribution in [2.75, 3.05) is 13.1 Å². The van der Waals surface area contributed by atoms with Crippen LogP contribution < -0.4 is 0 Å². The predicted molar refractivity (Wildman–Crippen MR) is 74.4 cm³/mol. The van der Waals surface area contributed by atoms with Gasteiger partial charge in [-0.1, -0.05) is 30.3 Å². The van der Waals surface area contributed by atoms with Crippen LogP contribution in [0.15, 0.2) is 35.3 Å². The number of carbonyl (C=O) groups is 1. The van der Waals surface area contributed by atoms with Crippen LogP contribution in [0.25, 0.3) is 0 Å². The van der Waals surface area contributed by atoms with Gasteiger partial charge in [0.15, 0.2) is 5.84 Å². The summed E-state index contributed by atoms with van der Waals surface area (Å²) in [6, 6.07) is 7.62. The molecule has 7 nitrogen and oxygen atoms in total. The molecular weight excluding hydrogens is 331 g/mol. The first-order chi connectivity index (χ1) is 11.3. The summed E-state index contributed by atoms with van der Waals surface area (Å²) in [7, 11) is 0. The van der Waals surface area contributed by atoms with Gasteiger partial charge in [-0.25, -0.2) is 4.79 Å². The maximum atomic E-state index is 13.1. The average molecular weight is 345 g/mol. The Balaban J connectivity index is 1.75. The van der Waals surface area contributed by atoms with E-state index in [4.69, 9.17) is 4.74 Å². The Hall–Kier alpha value is -2.33. The van der Waals surface area contributed by atoms with Crippen molar-refractivity contribution in [3.8, 4) is 0 Å². The standard InChI is InChI=1S/C14H14F3N3O4/c15-14(16,17)20-11(9-4-2-1-3-5-9)18-12(24-20)23-13(22)19-7-6-10(21)8-19/h1-5,10,12,21H,6-8H2. The summed E-state index contributed by atoms with van der Waals surface area (Å²) in [5.41, 5.74) is 0.171. The van der Waals surface area contributed by atoms with Gasteiger partial charge in [-0.2, -0.15) is 9.83 Å². The van der Waals surface area contributed by atoms with Gasteiger partial charge in [0.2, 0.25) is 0 Å². The number of carbonyl (C=O) groups excluding carboxylic acids is 1. The van der Waals surface area contributed by atoms with E-state index in [1.165, 1.54) is 17.0 Å². The molecule has 0 spiro atoms. The molecule has 1 aromatic rings. The number of rotatable bonds is 2. The molecule has 10 heteroatoms. The third kappa shape index (κ3) is 3.44.